The van der Waals surface area contributed by atoms with Crippen LogP contribution in [0.15, 0.2) is 48.5 Å². The summed E-state index contributed by atoms with van der Waals surface area (Å²) in [7, 11) is 5.54. The van der Waals surface area contributed by atoms with Gasteiger partial charge in [-0.25, -0.2) is 0 Å². The maximum atomic E-state index is 12.5. The Kier molecular flexibility index (Phi) is 7.30. The number of anilines is 2. The first-order valence-corrected chi connectivity index (χ1v) is 10.2. The van der Waals surface area contributed by atoms with Crippen LogP contribution in [0.1, 0.15) is 24.4 Å². The number of nitrogens with one attached hydrogen (secondary N) is 2. The average Bonchev–Trinajstić information content (AvgIpc) is 3.29. The van der Waals surface area contributed by atoms with Crippen molar-refractivity contribution in [2.45, 2.75) is 18.9 Å². The van der Waals surface area contributed by atoms with Crippen molar-refractivity contribution in [1.82, 2.24) is 10.2 Å². The number of rotatable bonds is 7. The van der Waals surface area contributed by atoms with E-state index < -0.39 is 11.8 Å². The summed E-state index contributed by atoms with van der Waals surface area (Å²) in [5.74, 6) is -0.854. The summed E-state index contributed by atoms with van der Waals surface area (Å²) in [6, 6.07) is 15.4. The molecule has 1 aliphatic heterocycles. The van der Waals surface area contributed by atoms with Crippen molar-refractivity contribution in [1.29, 1.82) is 0 Å². The number of methoxy groups -OCH3 is 1. The first kappa shape index (κ1) is 21.6. The fourth-order valence-electron chi connectivity index (χ4n) is 3.70. The largest absolute Gasteiger partial charge is 0.495 e. The smallest absolute Gasteiger partial charge is 0.313 e. The summed E-state index contributed by atoms with van der Waals surface area (Å²) in [6.45, 7) is 2.35. The van der Waals surface area contributed by atoms with Gasteiger partial charge < -0.3 is 20.3 Å². The van der Waals surface area contributed by atoms with Crippen LogP contribution in [0.5, 0.6) is 5.75 Å². The molecule has 0 saturated carbocycles. The summed E-state index contributed by atoms with van der Waals surface area (Å²) in [4.78, 5) is 29.2. The van der Waals surface area contributed by atoms with Gasteiger partial charge in [0.2, 0.25) is 0 Å². The Balaban J connectivity index is 1.66. The maximum Gasteiger partial charge on any atom is 0.313 e. The highest BCUT2D eigenvalue weighted by Crippen LogP contribution is 2.26. The molecule has 2 aromatic carbocycles. The van der Waals surface area contributed by atoms with Gasteiger partial charge in [-0.15, -0.1) is 0 Å². The van der Waals surface area contributed by atoms with E-state index in [9.17, 15) is 9.59 Å². The Morgan fingerprint density at radius 1 is 1.03 bits per heavy atom. The van der Waals surface area contributed by atoms with Gasteiger partial charge in [0.15, 0.2) is 0 Å². The zero-order chi connectivity index (χ0) is 21.5. The van der Waals surface area contributed by atoms with E-state index in [0.717, 1.165) is 37.2 Å². The van der Waals surface area contributed by atoms with Crippen LogP contribution in [0.3, 0.4) is 0 Å². The lowest BCUT2D eigenvalue weighted by molar-refractivity contribution is -0.136. The Morgan fingerprint density at radius 2 is 1.70 bits per heavy atom. The molecule has 2 N–H and O–H groups in total. The van der Waals surface area contributed by atoms with Crippen molar-refractivity contribution < 1.29 is 14.3 Å². The second-order valence-corrected chi connectivity index (χ2v) is 7.61. The lowest BCUT2D eigenvalue weighted by Gasteiger charge is -2.28. The quantitative estimate of drug-likeness (QED) is 0.687. The van der Waals surface area contributed by atoms with E-state index in [0.29, 0.717) is 18.0 Å². The second-order valence-electron chi connectivity index (χ2n) is 7.61. The van der Waals surface area contributed by atoms with Gasteiger partial charge in [0, 0.05) is 26.3 Å². The first-order chi connectivity index (χ1) is 14.5. The topological polar surface area (TPSA) is 73.9 Å². The Morgan fingerprint density at radius 3 is 2.33 bits per heavy atom. The molecule has 160 valence electrons. The van der Waals surface area contributed by atoms with Crippen molar-refractivity contribution in [2.75, 3.05) is 51.1 Å². The number of hydrogen-bond acceptors (Lipinski definition) is 5. The number of ether oxygens (including phenoxy) is 1. The molecular weight excluding hydrogens is 380 g/mol. The van der Waals surface area contributed by atoms with Crippen LogP contribution >= 0.6 is 0 Å². The molecule has 1 saturated heterocycles. The van der Waals surface area contributed by atoms with Gasteiger partial charge in [-0.3, -0.25) is 14.5 Å². The summed E-state index contributed by atoms with van der Waals surface area (Å²) in [5, 5.41) is 5.43. The third-order valence-corrected chi connectivity index (χ3v) is 5.39. The minimum absolute atomic E-state index is 0.0340. The van der Waals surface area contributed by atoms with Crippen molar-refractivity contribution in [3.8, 4) is 5.75 Å². The Hall–Kier alpha value is -3.06. The number of amides is 2. The molecule has 2 amide bonds. The van der Waals surface area contributed by atoms with E-state index in [1.54, 1.807) is 24.3 Å². The van der Waals surface area contributed by atoms with Crippen LogP contribution in [0, 0.1) is 0 Å². The molecule has 1 aliphatic rings. The third-order valence-electron chi connectivity index (χ3n) is 5.39. The number of hydrogen-bond donors (Lipinski definition) is 2. The SMILES string of the molecule is COc1ccccc1NC(=O)C(=O)NCC(c1ccc(N(C)C)cc1)N1CCCC1. The van der Waals surface area contributed by atoms with E-state index in [1.165, 1.54) is 7.11 Å². The van der Waals surface area contributed by atoms with Gasteiger partial charge in [0.05, 0.1) is 18.8 Å². The van der Waals surface area contributed by atoms with Gasteiger partial charge in [0.25, 0.3) is 0 Å². The lowest BCUT2D eigenvalue weighted by atomic mass is 10.0. The molecule has 0 bridgehead atoms. The number of para-hydroxylation sites is 2. The van der Waals surface area contributed by atoms with Crippen LogP contribution in [0.4, 0.5) is 11.4 Å². The minimum atomic E-state index is -0.706. The highest BCUT2D eigenvalue weighted by Gasteiger charge is 2.25. The first-order valence-electron chi connectivity index (χ1n) is 10.2. The number of nitrogens with zero attached hydrogens (tertiary/aromatic N) is 2. The predicted octanol–water partition coefficient (Wildman–Crippen LogP) is 2.65. The fraction of sp³-hybridized carbons (Fsp3) is 0.391. The number of benzene rings is 2. The van der Waals surface area contributed by atoms with Gasteiger partial charge in [-0.1, -0.05) is 24.3 Å². The van der Waals surface area contributed by atoms with Crippen LogP contribution in [0.25, 0.3) is 0 Å². The van der Waals surface area contributed by atoms with E-state index in [1.807, 2.05) is 14.1 Å². The maximum absolute atomic E-state index is 12.5. The molecule has 30 heavy (non-hydrogen) atoms. The highest BCUT2D eigenvalue weighted by atomic mass is 16.5. The molecule has 1 unspecified atom stereocenters. The zero-order valence-electron chi connectivity index (χ0n) is 17.9. The van der Waals surface area contributed by atoms with E-state index in [4.69, 9.17) is 4.74 Å². The van der Waals surface area contributed by atoms with Gasteiger partial charge in [-0.05, 0) is 55.8 Å². The number of carbonyl (C=O) groups excluding carboxylic acids is 2. The number of likely N-dealkylation sites (tertiary alicyclic amines) is 1. The van der Waals surface area contributed by atoms with Gasteiger partial charge in [-0.2, -0.15) is 0 Å². The molecule has 3 rings (SSSR count). The van der Waals surface area contributed by atoms with Crippen LogP contribution in [-0.4, -0.2) is 57.6 Å². The average molecular weight is 411 g/mol. The summed E-state index contributed by atoms with van der Waals surface area (Å²) < 4.78 is 5.22. The van der Waals surface area contributed by atoms with Crippen LogP contribution < -0.4 is 20.3 Å². The molecule has 2 aromatic rings. The van der Waals surface area contributed by atoms with Crippen molar-refractivity contribution in [3.05, 3.63) is 54.1 Å². The predicted molar refractivity (Wildman–Crippen MR) is 119 cm³/mol. The second kappa shape index (κ2) is 10.1. The molecule has 0 aromatic heterocycles. The molecule has 1 heterocycles. The molecule has 0 radical (unpaired) electrons. The highest BCUT2D eigenvalue weighted by molar-refractivity contribution is 6.39. The molecule has 7 heteroatoms. The standard InChI is InChI=1S/C23H30N4O3/c1-26(2)18-12-10-17(11-13-18)20(27-14-6-7-15-27)16-24-22(28)23(29)25-19-8-4-5-9-21(19)30-3/h4-5,8-13,20H,6-7,14-16H2,1-3H3,(H,24,28)(H,25,29). The summed E-state index contributed by atoms with van der Waals surface area (Å²) in [5.41, 5.74) is 2.72. The Labute approximate surface area is 178 Å². The van der Waals surface area contributed by atoms with Crippen molar-refractivity contribution in [3.63, 3.8) is 0 Å². The van der Waals surface area contributed by atoms with E-state index in [2.05, 4.69) is 44.7 Å². The summed E-state index contributed by atoms with van der Waals surface area (Å²) >= 11 is 0. The monoisotopic (exact) mass is 410 g/mol. The lowest BCUT2D eigenvalue weighted by Crippen LogP contribution is -2.41. The van der Waals surface area contributed by atoms with Crippen molar-refractivity contribution >= 4 is 23.2 Å². The molecular formula is C23H30N4O3. The van der Waals surface area contributed by atoms with E-state index in [-0.39, 0.29) is 6.04 Å². The van der Waals surface area contributed by atoms with Gasteiger partial charge >= 0.3 is 11.8 Å². The molecule has 7 nitrogen and oxygen atoms in total. The summed E-state index contributed by atoms with van der Waals surface area (Å²) in [6.07, 6.45) is 2.29. The number of carbonyl (C=O) groups is 2. The molecule has 0 spiro atoms. The van der Waals surface area contributed by atoms with E-state index >= 15 is 0 Å². The molecule has 1 fully saturated rings. The molecule has 0 aliphatic carbocycles. The van der Waals surface area contributed by atoms with Crippen LogP contribution in [-0.2, 0) is 9.59 Å². The normalized spacial score (nSPS) is 14.8. The van der Waals surface area contributed by atoms with Crippen molar-refractivity contribution in [2.24, 2.45) is 0 Å². The fourth-order valence-corrected chi connectivity index (χ4v) is 3.70. The zero-order valence-corrected chi connectivity index (χ0v) is 17.9. The minimum Gasteiger partial charge on any atom is -0.495 e. The van der Waals surface area contributed by atoms with Crippen LogP contribution in [0.2, 0.25) is 0 Å². The van der Waals surface area contributed by atoms with Gasteiger partial charge in [0.1, 0.15) is 5.75 Å². The third kappa shape index (κ3) is 5.30. The molecule has 1 atom stereocenters. The Bertz CT molecular complexity index is 861.